The number of carbonyl (C=O) groups excluding carboxylic acids is 1. The molecule has 0 heterocycles. The molecule has 0 atom stereocenters. The maximum atomic E-state index is 10.1. The molecule has 0 aliphatic carbocycles. The molecule has 6 heteroatoms. The highest BCUT2D eigenvalue weighted by molar-refractivity contribution is 7.84. The fourth-order valence-electron chi connectivity index (χ4n) is 0.574. The van der Waals surface area contributed by atoms with Crippen LogP contribution in [0, 0.1) is 0 Å². The Morgan fingerprint density at radius 2 is 1.50 bits per heavy atom. The number of carbonyl (C=O) groups is 1. The van der Waals surface area contributed by atoms with Gasteiger partial charge < -0.3 is 0 Å². The van der Waals surface area contributed by atoms with Crippen molar-refractivity contribution in [1.82, 2.24) is 0 Å². The summed E-state index contributed by atoms with van der Waals surface area (Å²) in [5.74, 6) is -1.13. The van der Waals surface area contributed by atoms with Crippen LogP contribution in [0.3, 0.4) is 0 Å². The molecule has 0 aliphatic rings. The van der Waals surface area contributed by atoms with Crippen molar-refractivity contribution in [2.24, 2.45) is 0 Å². The predicted octanol–water partition coefficient (Wildman–Crippen LogP) is 0.634. The zero-order valence-electron chi connectivity index (χ0n) is 7.34. The van der Waals surface area contributed by atoms with Crippen molar-refractivity contribution in [3.8, 4) is 0 Å². The van der Waals surface area contributed by atoms with Crippen LogP contribution in [0.5, 0.6) is 0 Å². The highest BCUT2D eigenvalue weighted by Crippen LogP contribution is 1.96. The third-order valence-corrected chi connectivity index (χ3v) is 1.01. The molecule has 14 heavy (non-hydrogen) atoms. The van der Waals surface area contributed by atoms with E-state index >= 15 is 0 Å². The molecule has 0 saturated heterocycles. The molecule has 1 rings (SSSR count). The molecule has 0 spiro atoms. The standard InChI is InChI=1S/C7H5O2.CH3O3S/c8-7(9)6-4-2-1-3-5-6;1-5(2,3)4/h1-5H;1H3. The first kappa shape index (κ1) is 12.6. The average molecular weight is 216 g/mol. The minimum absolute atomic E-state index is 0.220. The van der Waals surface area contributed by atoms with Gasteiger partial charge in [-0.1, -0.05) is 22.8 Å². The summed E-state index contributed by atoms with van der Waals surface area (Å²) < 4.78 is 27.2. The summed E-state index contributed by atoms with van der Waals surface area (Å²) in [6.07, 6.45) is 0.604. The summed E-state index contributed by atoms with van der Waals surface area (Å²) in [5.41, 5.74) is 0.220. The zero-order chi connectivity index (χ0) is 11.2. The molecule has 0 aromatic heterocycles. The first-order valence-electron chi connectivity index (χ1n) is 3.48. The molecular weight excluding hydrogens is 208 g/mol. The Morgan fingerprint density at radius 1 is 1.14 bits per heavy atom. The van der Waals surface area contributed by atoms with Crippen molar-refractivity contribution in [2.75, 3.05) is 6.26 Å². The number of hydrogen-bond donors (Lipinski definition) is 0. The van der Waals surface area contributed by atoms with E-state index in [1.54, 1.807) is 18.2 Å². The molecule has 2 radical (unpaired) electrons. The Bertz CT molecular complexity index is 373. The minimum Gasteiger partial charge on any atom is -0.242 e. The van der Waals surface area contributed by atoms with E-state index in [1.165, 1.54) is 12.1 Å². The second-order valence-corrected chi connectivity index (χ2v) is 3.77. The molecule has 1 aromatic carbocycles. The van der Waals surface area contributed by atoms with Gasteiger partial charge in [0.1, 0.15) is 0 Å². The van der Waals surface area contributed by atoms with E-state index in [0.29, 0.717) is 6.26 Å². The van der Waals surface area contributed by atoms with Gasteiger partial charge >= 0.3 is 5.97 Å². The molecule has 76 valence electrons. The van der Waals surface area contributed by atoms with Gasteiger partial charge in [0.25, 0.3) is 10.1 Å². The smallest absolute Gasteiger partial charge is 0.242 e. The molecule has 0 N–H and O–H groups in total. The Hall–Kier alpha value is -1.40. The van der Waals surface area contributed by atoms with Crippen LogP contribution in [0.15, 0.2) is 30.3 Å². The van der Waals surface area contributed by atoms with Gasteiger partial charge in [-0.05, 0) is 12.1 Å². The van der Waals surface area contributed by atoms with Crippen LogP contribution >= 0.6 is 0 Å². The Labute approximate surface area is 81.8 Å². The van der Waals surface area contributed by atoms with Crippen molar-refractivity contribution >= 4 is 16.1 Å². The monoisotopic (exact) mass is 216 g/mol. The molecular formula is C8H8O5S. The van der Waals surface area contributed by atoms with Crippen molar-refractivity contribution in [2.45, 2.75) is 0 Å². The van der Waals surface area contributed by atoms with E-state index in [0.717, 1.165) is 0 Å². The third-order valence-electron chi connectivity index (χ3n) is 1.01. The summed E-state index contributed by atoms with van der Waals surface area (Å²) in [5, 5.41) is 10.1. The van der Waals surface area contributed by atoms with Crippen molar-refractivity contribution in [1.29, 1.82) is 0 Å². The second-order valence-electron chi connectivity index (χ2n) is 2.36. The highest BCUT2D eigenvalue weighted by atomic mass is 32.2. The maximum absolute atomic E-state index is 10.1. The lowest BCUT2D eigenvalue weighted by molar-refractivity contribution is 0.0573. The predicted molar refractivity (Wildman–Crippen MR) is 47.0 cm³/mol. The molecule has 0 unspecified atom stereocenters. The van der Waals surface area contributed by atoms with Crippen molar-refractivity contribution in [3.63, 3.8) is 0 Å². The largest absolute Gasteiger partial charge is 0.386 e. The maximum Gasteiger partial charge on any atom is 0.386 e. The van der Waals surface area contributed by atoms with E-state index in [-0.39, 0.29) is 5.56 Å². The van der Waals surface area contributed by atoms with Crippen LogP contribution in [-0.2, 0) is 19.8 Å². The van der Waals surface area contributed by atoms with Crippen LogP contribution in [0.4, 0.5) is 0 Å². The summed E-state index contributed by atoms with van der Waals surface area (Å²) in [7, 11) is -3.92. The first-order valence-corrected chi connectivity index (χ1v) is 5.29. The van der Waals surface area contributed by atoms with E-state index < -0.39 is 16.1 Å². The summed E-state index contributed by atoms with van der Waals surface area (Å²) >= 11 is 0. The molecule has 0 fully saturated rings. The Morgan fingerprint density at radius 3 is 1.71 bits per heavy atom. The molecule has 0 saturated carbocycles. The van der Waals surface area contributed by atoms with Gasteiger partial charge in [0.05, 0.1) is 11.8 Å². The Balaban J connectivity index is 0.000000292. The quantitative estimate of drug-likeness (QED) is 0.689. The van der Waals surface area contributed by atoms with Gasteiger partial charge in [-0.15, -0.1) is 0 Å². The number of benzene rings is 1. The van der Waals surface area contributed by atoms with Crippen LogP contribution in [0.1, 0.15) is 10.4 Å². The summed E-state index contributed by atoms with van der Waals surface area (Å²) in [6.45, 7) is 0. The lowest BCUT2D eigenvalue weighted by Gasteiger charge is -1.85. The van der Waals surface area contributed by atoms with Crippen molar-refractivity contribution in [3.05, 3.63) is 35.9 Å². The van der Waals surface area contributed by atoms with E-state index in [2.05, 4.69) is 0 Å². The van der Waals surface area contributed by atoms with Gasteiger partial charge in [-0.3, -0.25) is 0 Å². The number of rotatable bonds is 1. The van der Waals surface area contributed by atoms with Gasteiger partial charge in [-0.2, -0.15) is 8.42 Å². The zero-order valence-corrected chi connectivity index (χ0v) is 8.15. The van der Waals surface area contributed by atoms with Gasteiger partial charge in [0, 0.05) is 0 Å². The van der Waals surface area contributed by atoms with Gasteiger partial charge in [0.2, 0.25) is 0 Å². The lowest BCUT2D eigenvalue weighted by Crippen LogP contribution is -1.91. The minimum atomic E-state index is -3.92. The third kappa shape index (κ3) is 8.69. The van der Waals surface area contributed by atoms with Crippen LogP contribution in [0.25, 0.3) is 0 Å². The SMILES string of the molecule is CS([O])(=O)=O.[O]C(=O)c1ccccc1. The molecule has 0 aliphatic heterocycles. The molecule has 5 nitrogen and oxygen atoms in total. The van der Waals surface area contributed by atoms with E-state index in [9.17, 15) is 9.90 Å². The first-order chi connectivity index (χ1) is 6.30. The summed E-state index contributed by atoms with van der Waals surface area (Å²) in [4.78, 5) is 10.1. The number of hydrogen-bond acceptors (Lipinski definition) is 3. The normalized spacial score (nSPS) is 9.86. The topological polar surface area (TPSA) is 91.0 Å². The molecule has 0 amide bonds. The van der Waals surface area contributed by atoms with Crippen molar-refractivity contribution < 1.29 is 22.9 Å². The van der Waals surface area contributed by atoms with Gasteiger partial charge in [0.15, 0.2) is 0 Å². The lowest BCUT2D eigenvalue weighted by atomic mass is 10.2. The van der Waals surface area contributed by atoms with Crippen LogP contribution in [0.2, 0.25) is 0 Å². The van der Waals surface area contributed by atoms with Crippen LogP contribution < -0.4 is 0 Å². The Kier molecular flexibility index (Phi) is 4.82. The van der Waals surface area contributed by atoms with E-state index in [1.807, 2.05) is 0 Å². The van der Waals surface area contributed by atoms with E-state index in [4.69, 9.17) is 13.0 Å². The fraction of sp³-hybridized carbons (Fsp3) is 0.125. The molecule has 0 bridgehead atoms. The summed E-state index contributed by atoms with van der Waals surface area (Å²) in [6, 6.07) is 8.06. The van der Waals surface area contributed by atoms with Crippen LogP contribution in [-0.4, -0.2) is 20.6 Å². The van der Waals surface area contributed by atoms with Gasteiger partial charge in [-0.25, -0.2) is 9.90 Å². The average Bonchev–Trinajstić information content (AvgIpc) is 2.03. The second kappa shape index (κ2) is 5.36. The fourth-order valence-corrected chi connectivity index (χ4v) is 0.574. The highest BCUT2D eigenvalue weighted by Gasteiger charge is 1.99. The molecule has 1 aromatic rings.